The minimum absolute atomic E-state index is 0.115. The molecule has 2 aliphatic rings. The lowest BCUT2D eigenvalue weighted by molar-refractivity contribution is 0.0176. The Bertz CT molecular complexity index is 622. The molecule has 0 aromatic heterocycles. The van der Waals surface area contributed by atoms with Gasteiger partial charge in [0, 0.05) is 11.8 Å². The van der Waals surface area contributed by atoms with Gasteiger partial charge in [-0.3, -0.25) is 0 Å². The van der Waals surface area contributed by atoms with Crippen molar-refractivity contribution in [3.8, 4) is 6.07 Å². The Balaban J connectivity index is 1.84. The van der Waals surface area contributed by atoms with Crippen LogP contribution in [0.4, 0.5) is 0 Å². The second-order valence-electron chi connectivity index (χ2n) is 6.64. The Morgan fingerprint density at radius 2 is 1.96 bits per heavy atom. The third-order valence-electron chi connectivity index (χ3n) is 5.12. The van der Waals surface area contributed by atoms with E-state index in [9.17, 15) is 5.26 Å². The van der Waals surface area contributed by atoms with Gasteiger partial charge in [0.1, 0.15) is 6.07 Å². The molecule has 2 aliphatic heterocycles. The highest BCUT2D eigenvalue weighted by atomic mass is 16.5. The maximum atomic E-state index is 9.60. The van der Waals surface area contributed by atoms with Gasteiger partial charge < -0.3 is 10.5 Å². The average Bonchev–Trinajstić information content (AvgIpc) is 3.02. The van der Waals surface area contributed by atoms with Crippen LogP contribution in [0, 0.1) is 23.2 Å². The third-order valence-corrected chi connectivity index (χ3v) is 5.12. The van der Waals surface area contributed by atoms with Crippen LogP contribution in [-0.2, 0) is 4.74 Å². The van der Waals surface area contributed by atoms with Crippen LogP contribution in [0.3, 0.4) is 0 Å². The smallest absolute Gasteiger partial charge is 0.200 e. The van der Waals surface area contributed by atoms with E-state index >= 15 is 0 Å². The lowest BCUT2D eigenvalue weighted by atomic mass is 9.75. The largest absolute Gasteiger partial charge is 0.458 e. The molecule has 0 amide bonds. The van der Waals surface area contributed by atoms with E-state index in [1.807, 2.05) is 18.2 Å². The van der Waals surface area contributed by atoms with Crippen LogP contribution in [0.15, 0.2) is 41.8 Å². The molecule has 24 heavy (non-hydrogen) atoms. The molecule has 0 spiro atoms. The normalized spacial score (nSPS) is 29.0. The van der Waals surface area contributed by atoms with Gasteiger partial charge >= 0.3 is 0 Å². The molecule has 1 fully saturated rings. The van der Waals surface area contributed by atoms with E-state index in [0.29, 0.717) is 5.57 Å². The van der Waals surface area contributed by atoms with E-state index in [1.165, 1.54) is 24.8 Å². The van der Waals surface area contributed by atoms with Crippen molar-refractivity contribution in [3.05, 3.63) is 47.4 Å². The average molecular weight is 326 g/mol. The van der Waals surface area contributed by atoms with Crippen molar-refractivity contribution >= 4 is 0 Å². The molecule has 3 rings (SSSR count). The standard InChI is InChI=1S/C19H26N4O/c1-2-3-4-8-11-14-15(12-20)18(21)24-19-16(14)17(22-23-19)13-9-6-5-7-10-13/h5-7,9-10,14,16-17,19,22-23H,2-4,8,11,21H2,1H3. The molecule has 1 saturated heterocycles. The van der Waals surface area contributed by atoms with Crippen LogP contribution < -0.4 is 16.6 Å². The Labute approximate surface area is 143 Å². The maximum absolute atomic E-state index is 9.60. The summed E-state index contributed by atoms with van der Waals surface area (Å²) in [5.41, 5.74) is 14.4. The molecule has 0 radical (unpaired) electrons. The molecule has 1 aromatic rings. The molecule has 2 heterocycles. The number of allylic oxidation sites excluding steroid dienone is 1. The van der Waals surface area contributed by atoms with Gasteiger partial charge in [0.05, 0.1) is 11.6 Å². The molecule has 0 bridgehead atoms. The van der Waals surface area contributed by atoms with Gasteiger partial charge in [-0.25, -0.2) is 10.9 Å². The molecule has 5 nitrogen and oxygen atoms in total. The van der Waals surface area contributed by atoms with E-state index in [4.69, 9.17) is 10.5 Å². The summed E-state index contributed by atoms with van der Waals surface area (Å²) >= 11 is 0. The monoisotopic (exact) mass is 326 g/mol. The summed E-state index contributed by atoms with van der Waals surface area (Å²) in [5.74, 6) is 0.566. The van der Waals surface area contributed by atoms with Crippen molar-refractivity contribution < 1.29 is 4.74 Å². The maximum Gasteiger partial charge on any atom is 0.200 e. The minimum atomic E-state index is -0.191. The summed E-state index contributed by atoms with van der Waals surface area (Å²) in [6.07, 6.45) is 5.53. The molecule has 4 atom stereocenters. The summed E-state index contributed by atoms with van der Waals surface area (Å²) in [6, 6.07) is 12.7. The molecule has 128 valence electrons. The van der Waals surface area contributed by atoms with E-state index < -0.39 is 0 Å². The topological polar surface area (TPSA) is 83.1 Å². The number of nitrogens with two attached hydrogens (primary N) is 1. The number of rotatable bonds is 6. The predicted octanol–water partition coefficient (Wildman–Crippen LogP) is 3.09. The number of hydrazine groups is 1. The van der Waals surface area contributed by atoms with Gasteiger partial charge in [0.2, 0.25) is 0 Å². The van der Waals surface area contributed by atoms with Crippen molar-refractivity contribution in [2.24, 2.45) is 17.6 Å². The Morgan fingerprint density at radius 1 is 1.17 bits per heavy atom. The Hall–Kier alpha value is -2.03. The first-order chi connectivity index (χ1) is 11.8. The van der Waals surface area contributed by atoms with Crippen molar-refractivity contribution in [2.45, 2.75) is 51.3 Å². The molecule has 0 aliphatic carbocycles. The van der Waals surface area contributed by atoms with Gasteiger partial charge in [0.15, 0.2) is 12.1 Å². The van der Waals surface area contributed by atoms with Crippen molar-refractivity contribution in [2.75, 3.05) is 0 Å². The quantitative estimate of drug-likeness (QED) is 0.700. The molecule has 4 unspecified atom stereocenters. The molecule has 5 heteroatoms. The van der Waals surface area contributed by atoms with Gasteiger partial charge in [-0.05, 0) is 12.0 Å². The van der Waals surface area contributed by atoms with E-state index in [1.54, 1.807) is 0 Å². The lowest BCUT2D eigenvalue weighted by Gasteiger charge is -2.35. The highest BCUT2D eigenvalue weighted by Crippen LogP contribution is 2.44. The van der Waals surface area contributed by atoms with E-state index in [2.05, 4.69) is 36.0 Å². The first-order valence-corrected chi connectivity index (χ1v) is 8.88. The number of ether oxygens (including phenoxy) is 1. The number of hydrogen-bond donors (Lipinski definition) is 3. The highest BCUT2D eigenvalue weighted by Gasteiger charge is 2.48. The van der Waals surface area contributed by atoms with Crippen LogP contribution in [0.5, 0.6) is 0 Å². The highest BCUT2D eigenvalue weighted by molar-refractivity contribution is 5.32. The number of fused-ring (bicyclic) bond motifs is 1. The van der Waals surface area contributed by atoms with Crippen LogP contribution in [-0.4, -0.2) is 6.23 Å². The van der Waals surface area contributed by atoms with Gasteiger partial charge in [-0.2, -0.15) is 5.26 Å². The first-order valence-electron chi connectivity index (χ1n) is 8.88. The van der Waals surface area contributed by atoms with Crippen LogP contribution in [0.2, 0.25) is 0 Å². The van der Waals surface area contributed by atoms with Gasteiger partial charge in [0.25, 0.3) is 0 Å². The van der Waals surface area contributed by atoms with Crippen LogP contribution >= 0.6 is 0 Å². The van der Waals surface area contributed by atoms with Gasteiger partial charge in [-0.15, -0.1) is 0 Å². The van der Waals surface area contributed by atoms with Crippen molar-refractivity contribution in [3.63, 3.8) is 0 Å². The van der Waals surface area contributed by atoms with E-state index in [0.717, 1.165) is 12.8 Å². The number of nitrogens with one attached hydrogen (secondary N) is 2. The number of unbranched alkanes of at least 4 members (excludes halogenated alkanes) is 3. The second kappa shape index (κ2) is 7.69. The second-order valence-corrected chi connectivity index (χ2v) is 6.64. The zero-order chi connectivity index (χ0) is 16.9. The van der Waals surface area contributed by atoms with Crippen LogP contribution in [0.25, 0.3) is 0 Å². The number of hydrogen-bond acceptors (Lipinski definition) is 5. The minimum Gasteiger partial charge on any atom is -0.458 e. The SMILES string of the molecule is CCCCCCC1C(C#N)=C(N)OC2NNC(c3ccccc3)C21. The predicted molar refractivity (Wildman–Crippen MR) is 92.9 cm³/mol. The third kappa shape index (κ3) is 3.26. The van der Waals surface area contributed by atoms with Gasteiger partial charge in [-0.1, -0.05) is 62.9 Å². The molecule has 4 N–H and O–H groups in total. The zero-order valence-electron chi connectivity index (χ0n) is 14.2. The fourth-order valence-electron chi connectivity index (χ4n) is 3.90. The Morgan fingerprint density at radius 3 is 2.67 bits per heavy atom. The summed E-state index contributed by atoms with van der Waals surface area (Å²) < 4.78 is 5.78. The van der Waals surface area contributed by atoms with Crippen LogP contribution in [0.1, 0.15) is 50.6 Å². The van der Waals surface area contributed by atoms with E-state index in [-0.39, 0.29) is 30.0 Å². The summed E-state index contributed by atoms with van der Waals surface area (Å²) in [5, 5.41) is 9.60. The summed E-state index contributed by atoms with van der Waals surface area (Å²) in [4.78, 5) is 0. The molecule has 0 saturated carbocycles. The van der Waals surface area contributed by atoms with Crippen molar-refractivity contribution in [1.82, 2.24) is 10.9 Å². The Kier molecular flexibility index (Phi) is 5.39. The molecular formula is C19H26N4O. The fourth-order valence-corrected chi connectivity index (χ4v) is 3.90. The molecular weight excluding hydrogens is 300 g/mol. The number of benzene rings is 1. The fraction of sp³-hybridized carbons (Fsp3) is 0.526. The lowest BCUT2D eigenvalue weighted by Crippen LogP contribution is -2.41. The van der Waals surface area contributed by atoms with Crippen molar-refractivity contribution in [1.29, 1.82) is 5.26 Å². The zero-order valence-corrected chi connectivity index (χ0v) is 14.2. The number of nitriles is 1. The summed E-state index contributed by atoms with van der Waals surface area (Å²) in [7, 11) is 0. The summed E-state index contributed by atoms with van der Waals surface area (Å²) in [6.45, 7) is 2.21. The number of nitrogens with zero attached hydrogens (tertiary/aromatic N) is 1. The molecule has 1 aromatic carbocycles. The first kappa shape index (κ1) is 16.8.